The lowest BCUT2D eigenvalue weighted by Gasteiger charge is -2.34. The number of fused-ring (bicyclic) bond motifs is 1. The molecule has 6 nitrogen and oxygen atoms in total. The van der Waals surface area contributed by atoms with E-state index in [0.717, 1.165) is 13.0 Å². The van der Waals surface area contributed by atoms with Gasteiger partial charge in [0.1, 0.15) is 19.0 Å². The third-order valence-electron chi connectivity index (χ3n) is 4.54. The highest BCUT2D eigenvalue weighted by Gasteiger charge is 2.47. The number of ether oxygens (including phenoxy) is 3. The molecule has 0 aromatic heterocycles. The lowest BCUT2D eigenvalue weighted by Crippen LogP contribution is -2.46. The maximum absolute atomic E-state index is 12.4. The van der Waals surface area contributed by atoms with Crippen molar-refractivity contribution in [2.75, 3.05) is 27.0 Å². The molecule has 3 rings (SSSR count). The molecule has 0 saturated carbocycles. The van der Waals surface area contributed by atoms with Gasteiger partial charge >= 0.3 is 5.97 Å². The van der Waals surface area contributed by atoms with Crippen LogP contribution in [0.3, 0.4) is 0 Å². The van der Waals surface area contributed by atoms with E-state index in [2.05, 4.69) is 4.90 Å². The summed E-state index contributed by atoms with van der Waals surface area (Å²) in [4.78, 5) is 14.6. The van der Waals surface area contributed by atoms with E-state index in [9.17, 15) is 9.90 Å². The first-order valence-electron chi connectivity index (χ1n) is 7.97. The van der Waals surface area contributed by atoms with Gasteiger partial charge < -0.3 is 19.3 Å². The Morgan fingerprint density at radius 2 is 2.13 bits per heavy atom. The molecule has 0 amide bonds. The fourth-order valence-electron chi connectivity index (χ4n) is 3.40. The zero-order valence-electron chi connectivity index (χ0n) is 13.3. The van der Waals surface area contributed by atoms with E-state index in [1.165, 1.54) is 0 Å². The quantitative estimate of drug-likeness (QED) is 0.646. The number of hydrogen-bond donors (Lipinski definition) is 1. The van der Waals surface area contributed by atoms with E-state index in [1.54, 1.807) is 31.4 Å². The van der Waals surface area contributed by atoms with Gasteiger partial charge in [-0.3, -0.25) is 4.90 Å². The van der Waals surface area contributed by atoms with Crippen molar-refractivity contribution < 1.29 is 24.1 Å². The minimum absolute atomic E-state index is 0.00623. The van der Waals surface area contributed by atoms with Gasteiger partial charge in [0.25, 0.3) is 0 Å². The zero-order valence-corrected chi connectivity index (χ0v) is 13.3. The first-order valence-corrected chi connectivity index (χ1v) is 7.97. The van der Waals surface area contributed by atoms with Gasteiger partial charge in [-0.1, -0.05) is 18.2 Å². The van der Waals surface area contributed by atoms with Gasteiger partial charge in [0.05, 0.1) is 17.7 Å². The summed E-state index contributed by atoms with van der Waals surface area (Å²) in [7, 11) is 1.57. The first-order chi connectivity index (χ1) is 11.2. The van der Waals surface area contributed by atoms with Crippen LogP contribution in [0.1, 0.15) is 23.2 Å². The van der Waals surface area contributed by atoms with Gasteiger partial charge in [0, 0.05) is 20.2 Å². The summed E-state index contributed by atoms with van der Waals surface area (Å²) in [6, 6.07) is 8.93. The minimum atomic E-state index is -0.396. The first kappa shape index (κ1) is 16.4. The fourth-order valence-corrected chi connectivity index (χ4v) is 3.40. The normalized spacial score (nSPS) is 30.9. The maximum atomic E-state index is 12.4. The third kappa shape index (κ3) is 3.72. The number of carbonyl (C=O) groups excluding carboxylic acids is 1. The number of hydrogen-bond acceptors (Lipinski definition) is 6. The molecule has 1 aromatic rings. The molecule has 4 atom stereocenters. The molecule has 126 valence electrons. The van der Waals surface area contributed by atoms with E-state index in [4.69, 9.17) is 14.2 Å². The molecule has 23 heavy (non-hydrogen) atoms. The van der Waals surface area contributed by atoms with Crippen LogP contribution in [-0.4, -0.2) is 67.3 Å². The Balaban J connectivity index is 1.73. The van der Waals surface area contributed by atoms with Gasteiger partial charge in [-0.25, -0.2) is 4.79 Å². The Morgan fingerprint density at radius 1 is 1.35 bits per heavy atom. The maximum Gasteiger partial charge on any atom is 0.338 e. The number of aliphatic hydroxyl groups is 1. The van der Waals surface area contributed by atoms with E-state index in [1.807, 2.05) is 6.07 Å². The number of rotatable bonds is 5. The summed E-state index contributed by atoms with van der Waals surface area (Å²) < 4.78 is 16.4. The van der Waals surface area contributed by atoms with Crippen molar-refractivity contribution in [1.82, 2.24) is 4.90 Å². The lowest BCUT2D eigenvalue weighted by molar-refractivity contribution is -0.104. The van der Waals surface area contributed by atoms with Crippen LogP contribution in [0.2, 0.25) is 0 Å². The van der Waals surface area contributed by atoms with Crippen LogP contribution >= 0.6 is 0 Å². The second kappa shape index (κ2) is 7.40. The van der Waals surface area contributed by atoms with Crippen molar-refractivity contribution in [2.45, 2.75) is 37.2 Å². The molecule has 0 radical (unpaired) electrons. The summed E-state index contributed by atoms with van der Waals surface area (Å²) in [5, 5.41) is 9.95. The largest absolute Gasteiger partial charge is 0.454 e. The summed E-state index contributed by atoms with van der Waals surface area (Å²) in [6.45, 7) is 1.64. The van der Waals surface area contributed by atoms with Gasteiger partial charge in [-0.05, 0) is 25.0 Å². The molecular weight excluding hydrogens is 298 g/mol. The van der Waals surface area contributed by atoms with Gasteiger partial charge in [0.2, 0.25) is 0 Å². The van der Waals surface area contributed by atoms with Crippen molar-refractivity contribution in [3.63, 3.8) is 0 Å². The third-order valence-corrected chi connectivity index (χ3v) is 4.54. The number of methoxy groups -OCH3 is 1. The highest BCUT2D eigenvalue weighted by Crippen LogP contribution is 2.31. The van der Waals surface area contributed by atoms with E-state index in [0.29, 0.717) is 18.5 Å². The highest BCUT2D eigenvalue weighted by atomic mass is 16.7. The Labute approximate surface area is 135 Å². The molecule has 2 fully saturated rings. The van der Waals surface area contributed by atoms with Gasteiger partial charge in [0.15, 0.2) is 0 Å². The molecule has 0 bridgehead atoms. The summed E-state index contributed by atoms with van der Waals surface area (Å²) in [5.41, 5.74) is 0.521. The van der Waals surface area contributed by atoms with Crippen LogP contribution in [0, 0.1) is 0 Å². The van der Waals surface area contributed by atoms with E-state index in [-0.39, 0.29) is 31.0 Å². The summed E-state index contributed by atoms with van der Waals surface area (Å²) in [5.74, 6) is -0.358. The molecule has 2 saturated heterocycles. The topological polar surface area (TPSA) is 68.2 Å². The van der Waals surface area contributed by atoms with Crippen molar-refractivity contribution in [2.24, 2.45) is 0 Å². The Morgan fingerprint density at radius 3 is 2.87 bits per heavy atom. The van der Waals surface area contributed by atoms with Gasteiger partial charge in [-0.2, -0.15) is 0 Å². The van der Waals surface area contributed by atoms with E-state index < -0.39 is 6.10 Å². The average Bonchev–Trinajstić information content (AvgIpc) is 2.91. The fraction of sp³-hybridized carbons (Fsp3) is 0.588. The number of aliphatic hydroxyl groups excluding tert-OH is 1. The average molecular weight is 321 g/mol. The number of carbonyl (C=O) groups is 1. The lowest BCUT2D eigenvalue weighted by atomic mass is 9.97. The number of esters is 1. The van der Waals surface area contributed by atoms with Crippen molar-refractivity contribution in [1.29, 1.82) is 0 Å². The van der Waals surface area contributed by atoms with Crippen LogP contribution in [0.25, 0.3) is 0 Å². The summed E-state index contributed by atoms with van der Waals surface area (Å²) >= 11 is 0. The number of piperidine rings is 1. The molecule has 1 N–H and O–H groups in total. The SMILES string of the molecule is COCO[C@@H]1CN2CC[C@@H](O)C[C@H]2[C@@H]1OC(=O)c1ccccc1. The van der Waals surface area contributed by atoms with Crippen molar-refractivity contribution in [3.8, 4) is 0 Å². The zero-order chi connectivity index (χ0) is 16.2. The number of nitrogens with zero attached hydrogens (tertiary/aromatic N) is 1. The van der Waals surface area contributed by atoms with E-state index >= 15 is 0 Å². The number of benzene rings is 1. The van der Waals surface area contributed by atoms with Crippen LogP contribution in [0.15, 0.2) is 30.3 Å². The Hall–Kier alpha value is -1.47. The predicted octanol–water partition coefficient (Wildman–Crippen LogP) is 1.04. The monoisotopic (exact) mass is 321 g/mol. The predicted molar refractivity (Wildman–Crippen MR) is 83.0 cm³/mol. The van der Waals surface area contributed by atoms with Crippen LogP contribution in [0.5, 0.6) is 0 Å². The second-order valence-electron chi connectivity index (χ2n) is 6.09. The Kier molecular flexibility index (Phi) is 5.27. The molecule has 2 heterocycles. The second-order valence-corrected chi connectivity index (χ2v) is 6.09. The van der Waals surface area contributed by atoms with Crippen molar-refractivity contribution >= 4 is 5.97 Å². The highest BCUT2D eigenvalue weighted by molar-refractivity contribution is 5.89. The molecule has 0 spiro atoms. The van der Waals surface area contributed by atoms with Crippen LogP contribution in [0.4, 0.5) is 0 Å². The molecule has 0 unspecified atom stereocenters. The van der Waals surface area contributed by atoms with Crippen LogP contribution < -0.4 is 0 Å². The summed E-state index contributed by atoms with van der Waals surface area (Å²) in [6.07, 6.45) is 0.355. The molecule has 2 aliphatic rings. The molecule has 1 aromatic carbocycles. The molecule has 2 aliphatic heterocycles. The standard InChI is InChI=1S/C17H23NO5/c1-21-11-22-15-10-18-8-7-13(19)9-14(18)16(15)23-17(20)12-5-3-2-4-6-12/h2-6,13-16,19H,7-11H2,1H3/t13-,14+,15-,16+/m1/s1. The van der Waals surface area contributed by atoms with Crippen LogP contribution in [-0.2, 0) is 14.2 Å². The molecule has 6 heteroatoms. The smallest absolute Gasteiger partial charge is 0.338 e. The molecule has 0 aliphatic carbocycles. The minimum Gasteiger partial charge on any atom is -0.454 e. The molecular formula is C17H23NO5. The van der Waals surface area contributed by atoms with Crippen molar-refractivity contribution in [3.05, 3.63) is 35.9 Å². The Bertz CT molecular complexity index is 523. The van der Waals surface area contributed by atoms with Gasteiger partial charge in [-0.15, -0.1) is 0 Å².